The normalized spacial score (nSPS) is 19.3. The van der Waals surface area contributed by atoms with Gasteiger partial charge in [0, 0.05) is 23.9 Å². The van der Waals surface area contributed by atoms with Crippen LogP contribution in [0.2, 0.25) is 0 Å². The molecule has 7 nitrogen and oxygen atoms in total. The Hall–Kier alpha value is -2.90. The van der Waals surface area contributed by atoms with Crippen molar-refractivity contribution in [2.75, 3.05) is 51.7 Å². The van der Waals surface area contributed by atoms with Crippen LogP contribution in [0.15, 0.2) is 54.6 Å². The minimum absolute atomic E-state index is 0.0291. The number of carbonyl (C=O) groups is 2. The monoisotopic (exact) mass is 426 g/mol. The van der Waals surface area contributed by atoms with Gasteiger partial charge in [0.1, 0.15) is 31.9 Å². The molecule has 2 aromatic rings. The largest absolute Gasteiger partial charge is 0.497 e. The van der Waals surface area contributed by atoms with Gasteiger partial charge in [-0.1, -0.05) is 43.3 Å². The first kappa shape index (κ1) is 22.8. The summed E-state index contributed by atoms with van der Waals surface area (Å²) in [5.41, 5.74) is 1.73. The van der Waals surface area contributed by atoms with Crippen molar-refractivity contribution in [3.63, 3.8) is 0 Å². The molecule has 1 heterocycles. The fourth-order valence-electron chi connectivity index (χ4n) is 4.08. The van der Waals surface area contributed by atoms with Crippen molar-refractivity contribution in [2.45, 2.75) is 19.4 Å². The van der Waals surface area contributed by atoms with E-state index in [4.69, 9.17) is 4.74 Å². The third kappa shape index (κ3) is 6.54. The van der Waals surface area contributed by atoms with Gasteiger partial charge in [0.05, 0.1) is 7.11 Å². The standard InChI is InChI=1S/C24H32N4O3/c1-3-12-25-22(29)18-27-13-15-28(16-14-27)23(19-8-5-4-6-9-19)24(30)26-20-10-7-11-21(17-20)31-2/h4-11,17,23H,3,12-16,18H2,1-2H3,(H,25,29)(H,26,30)/p+2/t23-/m0/s1. The molecule has 1 atom stereocenters. The molecule has 31 heavy (non-hydrogen) atoms. The van der Waals surface area contributed by atoms with Gasteiger partial charge in [-0.25, -0.2) is 0 Å². The van der Waals surface area contributed by atoms with Gasteiger partial charge < -0.3 is 25.2 Å². The van der Waals surface area contributed by atoms with Gasteiger partial charge >= 0.3 is 0 Å². The van der Waals surface area contributed by atoms with Crippen molar-refractivity contribution in [2.24, 2.45) is 0 Å². The van der Waals surface area contributed by atoms with Crippen molar-refractivity contribution in [3.8, 4) is 5.75 Å². The molecule has 0 aliphatic carbocycles. The van der Waals surface area contributed by atoms with Gasteiger partial charge in [-0.15, -0.1) is 0 Å². The van der Waals surface area contributed by atoms with E-state index in [-0.39, 0.29) is 17.9 Å². The molecule has 0 aromatic heterocycles. The molecule has 0 spiro atoms. The highest BCUT2D eigenvalue weighted by Crippen LogP contribution is 2.19. The maximum atomic E-state index is 13.3. The molecule has 2 amide bonds. The zero-order chi connectivity index (χ0) is 22.1. The van der Waals surface area contributed by atoms with Crippen molar-refractivity contribution < 1.29 is 24.1 Å². The molecule has 0 unspecified atom stereocenters. The zero-order valence-electron chi connectivity index (χ0n) is 18.4. The fourth-order valence-corrected chi connectivity index (χ4v) is 4.08. The van der Waals surface area contributed by atoms with Crippen LogP contribution in [0.5, 0.6) is 5.75 Å². The number of piperazine rings is 1. The predicted molar refractivity (Wildman–Crippen MR) is 120 cm³/mol. The van der Waals surface area contributed by atoms with Crippen LogP contribution < -0.4 is 25.2 Å². The Balaban J connectivity index is 1.67. The van der Waals surface area contributed by atoms with Gasteiger partial charge in [0.2, 0.25) is 0 Å². The highest BCUT2D eigenvalue weighted by molar-refractivity contribution is 5.94. The van der Waals surface area contributed by atoms with Crippen molar-refractivity contribution in [1.82, 2.24) is 5.32 Å². The highest BCUT2D eigenvalue weighted by atomic mass is 16.5. The van der Waals surface area contributed by atoms with Crippen molar-refractivity contribution in [1.29, 1.82) is 0 Å². The number of carbonyl (C=O) groups excluding carboxylic acids is 2. The molecule has 7 heteroatoms. The van der Waals surface area contributed by atoms with Crippen LogP contribution in [0.4, 0.5) is 5.69 Å². The average Bonchev–Trinajstić information content (AvgIpc) is 2.80. The number of hydrogen-bond donors (Lipinski definition) is 4. The van der Waals surface area contributed by atoms with Crippen molar-refractivity contribution >= 4 is 17.5 Å². The molecule has 0 saturated carbocycles. The lowest BCUT2D eigenvalue weighted by Gasteiger charge is -2.34. The summed E-state index contributed by atoms with van der Waals surface area (Å²) in [4.78, 5) is 27.9. The fraction of sp³-hybridized carbons (Fsp3) is 0.417. The summed E-state index contributed by atoms with van der Waals surface area (Å²) in [6.07, 6.45) is 0.945. The Morgan fingerprint density at radius 3 is 2.45 bits per heavy atom. The van der Waals surface area contributed by atoms with Crippen LogP contribution in [0.25, 0.3) is 0 Å². The van der Waals surface area contributed by atoms with E-state index in [1.54, 1.807) is 7.11 Å². The summed E-state index contributed by atoms with van der Waals surface area (Å²) in [6, 6.07) is 17.1. The molecular formula is C24H34N4O3+2. The number of hydrogen-bond acceptors (Lipinski definition) is 3. The number of ether oxygens (including phenoxy) is 1. The molecule has 1 aliphatic heterocycles. The number of quaternary nitrogens is 2. The summed E-state index contributed by atoms with van der Waals surface area (Å²) >= 11 is 0. The number of rotatable bonds is 9. The van der Waals surface area contributed by atoms with E-state index in [0.29, 0.717) is 12.3 Å². The summed E-state index contributed by atoms with van der Waals surface area (Å²) < 4.78 is 5.27. The molecule has 166 valence electrons. The van der Waals surface area contributed by atoms with Gasteiger partial charge in [-0.05, 0) is 18.6 Å². The van der Waals surface area contributed by atoms with Gasteiger partial charge in [-0.2, -0.15) is 0 Å². The molecule has 3 rings (SSSR count). The second-order valence-corrected chi connectivity index (χ2v) is 8.00. The lowest BCUT2D eigenvalue weighted by atomic mass is 10.0. The summed E-state index contributed by atoms with van der Waals surface area (Å²) in [5, 5.41) is 6.02. The van der Waals surface area contributed by atoms with Crippen LogP contribution in [0, 0.1) is 0 Å². The molecular weight excluding hydrogens is 392 g/mol. The number of nitrogens with one attached hydrogen (secondary N) is 4. The van der Waals surface area contributed by atoms with E-state index < -0.39 is 0 Å². The van der Waals surface area contributed by atoms with Crippen LogP contribution in [-0.2, 0) is 9.59 Å². The number of anilines is 1. The minimum atomic E-state index is -0.303. The van der Waals surface area contributed by atoms with Crippen molar-refractivity contribution in [3.05, 3.63) is 60.2 Å². The number of methoxy groups -OCH3 is 1. The van der Waals surface area contributed by atoms with Crippen LogP contribution in [0.1, 0.15) is 24.9 Å². The van der Waals surface area contributed by atoms with E-state index in [9.17, 15) is 9.59 Å². The second-order valence-electron chi connectivity index (χ2n) is 8.00. The number of amides is 2. The van der Waals surface area contributed by atoms with Crippen LogP contribution in [-0.4, -0.2) is 58.2 Å². The third-order valence-electron chi connectivity index (χ3n) is 5.72. The molecule has 0 bridgehead atoms. The SMILES string of the molecule is CCCNC(=O)C[NH+]1CC[NH+]([C@H](C(=O)Nc2cccc(OC)c2)c2ccccc2)CC1. The third-order valence-corrected chi connectivity index (χ3v) is 5.72. The molecule has 4 N–H and O–H groups in total. The van der Waals surface area contributed by atoms with E-state index in [2.05, 4.69) is 17.6 Å². The Bertz CT molecular complexity index is 851. The quantitative estimate of drug-likeness (QED) is 0.444. The first-order valence-corrected chi connectivity index (χ1v) is 11.1. The summed E-state index contributed by atoms with van der Waals surface area (Å²) in [5.74, 6) is 0.786. The van der Waals surface area contributed by atoms with E-state index in [0.717, 1.165) is 50.4 Å². The van der Waals surface area contributed by atoms with E-state index in [1.807, 2.05) is 54.6 Å². The Kier molecular flexibility index (Phi) is 8.44. The molecule has 1 fully saturated rings. The lowest BCUT2D eigenvalue weighted by molar-refractivity contribution is -1.02. The number of benzene rings is 2. The second kappa shape index (κ2) is 11.5. The minimum Gasteiger partial charge on any atom is -0.497 e. The molecule has 1 aliphatic rings. The maximum absolute atomic E-state index is 13.3. The predicted octanol–water partition coefficient (Wildman–Crippen LogP) is -0.315. The molecule has 1 saturated heterocycles. The molecule has 0 radical (unpaired) electrons. The Labute approximate surface area is 184 Å². The first-order valence-electron chi connectivity index (χ1n) is 11.1. The lowest BCUT2D eigenvalue weighted by Crippen LogP contribution is -3.28. The Morgan fingerprint density at radius 1 is 1.03 bits per heavy atom. The van der Waals surface area contributed by atoms with Crippen LogP contribution in [0.3, 0.4) is 0 Å². The van der Waals surface area contributed by atoms with E-state index >= 15 is 0 Å². The zero-order valence-corrected chi connectivity index (χ0v) is 18.4. The average molecular weight is 427 g/mol. The smallest absolute Gasteiger partial charge is 0.287 e. The Morgan fingerprint density at radius 2 is 1.77 bits per heavy atom. The summed E-state index contributed by atoms with van der Waals surface area (Å²) in [6.45, 7) is 6.68. The van der Waals surface area contributed by atoms with Crippen LogP contribution >= 0.6 is 0 Å². The van der Waals surface area contributed by atoms with Gasteiger partial charge in [-0.3, -0.25) is 9.59 Å². The van der Waals surface area contributed by atoms with Gasteiger partial charge in [0.15, 0.2) is 12.6 Å². The van der Waals surface area contributed by atoms with E-state index in [1.165, 1.54) is 9.80 Å². The first-order chi connectivity index (χ1) is 15.1. The molecule has 2 aromatic carbocycles. The van der Waals surface area contributed by atoms with Gasteiger partial charge in [0.25, 0.3) is 11.8 Å². The topological polar surface area (TPSA) is 76.3 Å². The summed E-state index contributed by atoms with van der Waals surface area (Å²) in [7, 11) is 1.61. The highest BCUT2D eigenvalue weighted by Gasteiger charge is 2.36. The maximum Gasteiger partial charge on any atom is 0.287 e.